The Kier molecular flexibility index (Phi) is 7.92. The summed E-state index contributed by atoms with van der Waals surface area (Å²) < 4.78 is 2.15. The van der Waals surface area contributed by atoms with Crippen LogP contribution in [0.5, 0.6) is 0 Å². The second kappa shape index (κ2) is 11.3. The van der Waals surface area contributed by atoms with Gasteiger partial charge in [-0.1, -0.05) is 72.3 Å². The van der Waals surface area contributed by atoms with E-state index in [1.54, 1.807) is 0 Å². The zero-order valence-electron chi connectivity index (χ0n) is 19.0. The Labute approximate surface area is 200 Å². The fraction of sp³-hybridized carbons (Fsp3) is 0.346. The van der Waals surface area contributed by atoms with Gasteiger partial charge in [0.2, 0.25) is 5.91 Å². The second-order valence-corrected chi connectivity index (χ2v) is 8.91. The van der Waals surface area contributed by atoms with E-state index < -0.39 is 0 Å². The van der Waals surface area contributed by atoms with Crippen LogP contribution in [0, 0.1) is 0 Å². The Morgan fingerprint density at radius 2 is 1.79 bits per heavy atom. The summed E-state index contributed by atoms with van der Waals surface area (Å²) in [5, 5.41) is 12.7. The summed E-state index contributed by atoms with van der Waals surface area (Å²) >= 11 is 6.54. The number of hydrogen-bond acceptors (Lipinski definition) is 4. The van der Waals surface area contributed by atoms with Gasteiger partial charge in [-0.2, -0.15) is 0 Å². The second-order valence-electron chi connectivity index (χ2n) is 8.43. The molecule has 172 valence electrons. The predicted octanol–water partition coefficient (Wildman–Crippen LogP) is 4.23. The number of halogens is 1. The third-order valence-corrected chi connectivity index (χ3v) is 6.12. The lowest BCUT2D eigenvalue weighted by Gasteiger charge is -2.20. The molecule has 2 heterocycles. The largest absolute Gasteiger partial charge is 0.346 e. The molecule has 1 aliphatic rings. The molecule has 3 aromatic rings. The molecule has 1 amide bonds. The van der Waals surface area contributed by atoms with Gasteiger partial charge in [0.1, 0.15) is 5.82 Å². The first-order valence-electron chi connectivity index (χ1n) is 11.5. The van der Waals surface area contributed by atoms with E-state index in [-0.39, 0.29) is 11.9 Å². The van der Waals surface area contributed by atoms with Crippen LogP contribution in [0.3, 0.4) is 0 Å². The molecule has 0 bridgehead atoms. The Morgan fingerprint density at radius 3 is 2.55 bits per heavy atom. The van der Waals surface area contributed by atoms with Gasteiger partial charge in [-0.15, -0.1) is 10.2 Å². The van der Waals surface area contributed by atoms with Gasteiger partial charge in [-0.3, -0.25) is 9.69 Å². The number of benzene rings is 2. The van der Waals surface area contributed by atoms with Gasteiger partial charge in [-0.25, -0.2) is 0 Å². The number of amides is 1. The van der Waals surface area contributed by atoms with E-state index in [0.717, 1.165) is 60.3 Å². The number of nitrogens with zero attached hydrogens (tertiary/aromatic N) is 4. The van der Waals surface area contributed by atoms with Crippen LogP contribution in [-0.4, -0.2) is 45.2 Å². The van der Waals surface area contributed by atoms with Crippen molar-refractivity contribution in [2.24, 2.45) is 0 Å². The lowest BCUT2D eigenvalue weighted by Crippen LogP contribution is -2.30. The highest BCUT2D eigenvalue weighted by atomic mass is 35.5. The van der Waals surface area contributed by atoms with E-state index in [4.69, 9.17) is 11.6 Å². The summed E-state index contributed by atoms with van der Waals surface area (Å²) in [7, 11) is 0. The summed E-state index contributed by atoms with van der Waals surface area (Å²) in [5.41, 5.74) is 2.27. The first-order chi connectivity index (χ1) is 16.1. The Bertz CT molecular complexity index is 1080. The van der Waals surface area contributed by atoms with Crippen LogP contribution in [0.2, 0.25) is 0 Å². The monoisotopic (exact) mass is 463 g/mol. The van der Waals surface area contributed by atoms with E-state index in [2.05, 4.69) is 25.0 Å². The van der Waals surface area contributed by atoms with Gasteiger partial charge in [0.05, 0.1) is 6.04 Å². The molecule has 0 aliphatic carbocycles. The summed E-state index contributed by atoms with van der Waals surface area (Å²) in [6.07, 6.45) is 4.00. The van der Waals surface area contributed by atoms with E-state index in [1.165, 1.54) is 0 Å². The van der Waals surface area contributed by atoms with Crippen molar-refractivity contribution in [1.29, 1.82) is 0 Å². The number of carbonyl (C=O) groups excluding carboxylic acids is 1. The van der Waals surface area contributed by atoms with Crippen molar-refractivity contribution in [3.63, 3.8) is 0 Å². The summed E-state index contributed by atoms with van der Waals surface area (Å²) in [5.74, 6) is 1.80. The van der Waals surface area contributed by atoms with Crippen molar-refractivity contribution in [3.05, 3.63) is 88.5 Å². The first kappa shape index (κ1) is 23.2. The van der Waals surface area contributed by atoms with E-state index in [0.29, 0.717) is 13.0 Å². The maximum absolute atomic E-state index is 12.5. The van der Waals surface area contributed by atoms with Gasteiger partial charge in [0.25, 0.3) is 0 Å². The van der Waals surface area contributed by atoms with Crippen LogP contribution in [0.25, 0.3) is 6.08 Å². The van der Waals surface area contributed by atoms with Crippen molar-refractivity contribution in [1.82, 2.24) is 25.0 Å². The predicted molar refractivity (Wildman–Crippen MR) is 132 cm³/mol. The van der Waals surface area contributed by atoms with Crippen LogP contribution in [0.4, 0.5) is 0 Å². The minimum atomic E-state index is -0.192. The molecule has 0 saturated heterocycles. The molecule has 4 rings (SSSR count). The van der Waals surface area contributed by atoms with Gasteiger partial charge in [-0.05, 0) is 30.5 Å². The zero-order chi connectivity index (χ0) is 23.0. The normalized spacial score (nSPS) is 15.5. The molecule has 0 spiro atoms. The molecule has 1 aromatic heterocycles. The summed E-state index contributed by atoms with van der Waals surface area (Å²) in [4.78, 5) is 14.8. The molecule has 6 nitrogen and oxygen atoms in total. The Balaban J connectivity index is 1.32. The Morgan fingerprint density at radius 1 is 1.06 bits per heavy atom. The van der Waals surface area contributed by atoms with Crippen LogP contribution < -0.4 is 5.32 Å². The lowest BCUT2D eigenvalue weighted by molar-refractivity contribution is -0.121. The number of nitrogens with one attached hydrogen (secondary N) is 1. The summed E-state index contributed by atoms with van der Waals surface area (Å²) in [6.45, 7) is 5.17. The van der Waals surface area contributed by atoms with Gasteiger partial charge in [0, 0.05) is 44.1 Å². The third-order valence-electron chi connectivity index (χ3n) is 5.89. The molecule has 33 heavy (non-hydrogen) atoms. The van der Waals surface area contributed by atoms with Crippen molar-refractivity contribution in [3.8, 4) is 0 Å². The Hall–Kier alpha value is -2.96. The van der Waals surface area contributed by atoms with Crippen LogP contribution in [-0.2, 0) is 24.2 Å². The average Bonchev–Trinajstić information content (AvgIpc) is 3.13. The van der Waals surface area contributed by atoms with Crippen molar-refractivity contribution in [2.75, 3.05) is 19.6 Å². The van der Waals surface area contributed by atoms with Gasteiger partial charge >= 0.3 is 0 Å². The SMILES string of the molecule is C[C@H](NC(=O)CCc1ccccc1)c1nnc2n1CCN(C/C(Cl)=C/c1ccccc1)CC2. The molecule has 0 unspecified atom stereocenters. The topological polar surface area (TPSA) is 63.1 Å². The number of fused-ring (bicyclic) bond motifs is 1. The molecule has 0 saturated carbocycles. The highest BCUT2D eigenvalue weighted by molar-refractivity contribution is 6.31. The highest BCUT2D eigenvalue weighted by Gasteiger charge is 2.23. The van der Waals surface area contributed by atoms with Crippen molar-refractivity contribution < 1.29 is 4.79 Å². The smallest absolute Gasteiger partial charge is 0.220 e. The molecular formula is C26H30ClN5O. The van der Waals surface area contributed by atoms with Crippen molar-refractivity contribution in [2.45, 2.75) is 38.8 Å². The van der Waals surface area contributed by atoms with Gasteiger partial charge < -0.3 is 9.88 Å². The standard InChI is InChI=1S/C26H30ClN5O/c1-20(28-25(33)13-12-21-8-4-2-5-9-21)26-30-29-24-14-15-31(16-17-32(24)26)19-23(27)18-22-10-6-3-7-11-22/h2-11,18,20H,12-17,19H2,1H3,(H,28,33)/b23-18-/t20-/m0/s1. The lowest BCUT2D eigenvalue weighted by atomic mass is 10.1. The zero-order valence-corrected chi connectivity index (χ0v) is 19.7. The number of carbonyl (C=O) groups is 1. The number of rotatable bonds is 8. The molecule has 1 N–H and O–H groups in total. The number of aryl methyl sites for hydroxylation is 1. The van der Waals surface area contributed by atoms with E-state index in [1.807, 2.05) is 73.7 Å². The first-order valence-corrected chi connectivity index (χ1v) is 11.8. The van der Waals surface area contributed by atoms with Crippen LogP contribution in [0.15, 0.2) is 65.7 Å². The third kappa shape index (κ3) is 6.53. The van der Waals surface area contributed by atoms with Crippen LogP contribution >= 0.6 is 11.6 Å². The molecule has 1 atom stereocenters. The molecule has 7 heteroatoms. The maximum atomic E-state index is 12.5. The number of aromatic nitrogens is 3. The average molecular weight is 464 g/mol. The van der Waals surface area contributed by atoms with Crippen LogP contribution in [0.1, 0.15) is 42.2 Å². The molecule has 0 fully saturated rings. The molecule has 0 radical (unpaired) electrons. The fourth-order valence-corrected chi connectivity index (χ4v) is 4.43. The highest BCUT2D eigenvalue weighted by Crippen LogP contribution is 2.18. The molecule has 1 aliphatic heterocycles. The number of hydrogen-bond donors (Lipinski definition) is 1. The van der Waals surface area contributed by atoms with Crippen molar-refractivity contribution >= 4 is 23.6 Å². The van der Waals surface area contributed by atoms with E-state index in [9.17, 15) is 4.79 Å². The van der Waals surface area contributed by atoms with Gasteiger partial charge in [0.15, 0.2) is 5.82 Å². The fourth-order valence-electron chi connectivity index (χ4n) is 4.14. The van der Waals surface area contributed by atoms with E-state index >= 15 is 0 Å². The summed E-state index contributed by atoms with van der Waals surface area (Å²) in [6, 6.07) is 20.0. The minimum Gasteiger partial charge on any atom is -0.346 e. The quantitative estimate of drug-likeness (QED) is 0.543. The molecular weight excluding hydrogens is 434 g/mol. The maximum Gasteiger partial charge on any atom is 0.220 e. The minimum absolute atomic E-state index is 0.0248. The molecule has 2 aromatic carbocycles.